The van der Waals surface area contributed by atoms with E-state index in [0.717, 1.165) is 10.5 Å². The molecular weight excluding hydrogens is 374 g/mol. The summed E-state index contributed by atoms with van der Waals surface area (Å²) in [7, 11) is 0. The van der Waals surface area contributed by atoms with Crippen molar-refractivity contribution in [3.63, 3.8) is 0 Å². The van der Waals surface area contributed by atoms with Crippen molar-refractivity contribution in [2.24, 2.45) is 0 Å². The van der Waals surface area contributed by atoms with E-state index in [2.05, 4.69) is 93.9 Å². The third-order valence-corrected chi connectivity index (χ3v) is 6.76. The molecule has 0 aliphatic rings. The van der Waals surface area contributed by atoms with Gasteiger partial charge in [-0.15, -0.1) is 0 Å². The molecule has 3 heterocycles. The Labute approximate surface area is 170 Å². The van der Waals surface area contributed by atoms with Gasteiger partial charge in [0.1, 0.15) is 0 Å². The maximum atomic E-state index is 4.82. The second-order valence-corrected chi connectivity index (χ2v) is 8.35. The third-order valence-electron chi connectivity index (χ3n) is 5.75. The zero-order chi connectivity index (χ0) is 18.9. The predicted molar refractivity (Wildman–Crippen MR) is 122 cm³/mol. The first-order valence-corrected chi connectivity index (χ1v) is 10.5. The largest absolute Gasteiger partial charge is 0.309 e. The number of hydrogen-bond donors (Lipinski definition) is 0. The standard InChI is InChI=1S/C25H15N3S/c1-4-10-20-17(7-1)18-8-2-5-11-21(18)27(20)16-13-14-23-24(15-16)29-25-26-19-9-3-6-12-22(19)28(23)25/h1-15H. The van der Waals surface area contributed by atoms with Crippen molar-refractivity contribution in [1.29, 1.82) is 0 Å². The lowest BCUT2D eigenvalue weighted by Crippen LogP contribution is -1.93. The fourth-order valence-corrected chi connectivity index (χ4v) is 5.58. The zero-order valence-corrected chi connectivity index (χ0v) is 16.2. The quantitative estimate of drug-likeness (QED) is 0.303. The van der Waals surface area contributed by atoms with Gasteiger partial charge in [-0.25, -0.2) is 4.98 Å². The number of aromatic nitrogens is 3. The van der Waals surface area contributed by atoms with Gasteiger partial charge in [-0.2, -0.15) is 0 Å². The van der Waals surface area contributed by atoms with E-state index in [-0.39, 0.29) is 0 Å². The summed E-state index contributed by atoms with van der Waals surface area (Å²) in [5, 5.41) is 2.57. The number of nitrogens with zero attached hydrogens (tertiary/aromatic N) is 3. The molecule has 136 valence electrons. The monoisotopic (exact) mass is 389 g/mol. The summed E-state index contributed by atoms with van der Waals surface area (Å²) < 4.78 is 5.88. The molecule has 0 aliphatic carbocycles. The van der Waals surface area contributed by atoms with E-state index in [9.17, 15) is 0 Å². The van der Waals surface area contributed by atoms with Crippen LogP contribution in [0.2, 0.25) is 0 Å². The van der Waals surface area contributed by atoms with E-state index in [0.29, 0.717) is 0 Å². The van der Waals surface area contributed by atoms with Crippen LogP contribution >= 0.6 is 11.3 Å². The second-order valence-electron chi connectivity index (χ2n) is 7.34. The van der Waals surface area contributed by atoms with Gasteiger partial charge in [-0.05, 0) is 42.5 Å². The summed E-state index contributed by atoms with van der Waals surface area (Å²) in [4.78, 5) is 5.86. The molecule has 0 spiro atoms. The number of benzene rings is 4. The lowest BCUT2D eigenvalue weighted by Gasteiger charge is -2.08. The van der Waals surface area contributed by atoms with Gasteiger partial charge in [0, 0.05) is 16.5 Å². The molecule has 0 aliphatic heterocycles. The van der Waals surface area contributed by atoms with Crippen molar-refractivity contribution < 1.29 is 0 Å². The number of hydrogen-bond acceptors (Lipinski definition) is 2. The Balaban J connectivity index is 1.57. The van der Waals surface area contributed by atoms with Gasteiger partial charge in [-0.1, -0.05) is 59.9 Å². The molecule has 7 aromatic rings. The Kier molecular flexibility index (Phi) is 2.88. The smallest absolute Gasteiger partial charge is 0.195 e. The predicted octanol–water partition coefficient (Wildman–Crippen LogP) is 6.80. The van der Waals surface area contributed by atoms with Gasteiger partial charge >= 0.3 is 0 Å². The Morgan fingerprint density at radius 1 is 0.621 bits per heavy atom. The number of fused-ring (bicyclic) bond motifs is 8. The van der Waals surface area contributed by atoms with Crippen LogP contribution in [0.4, 0.5) is 0 Å². The highest BCUT2D eigenvalue weighted by Crippen LogP contribution is 2.35. The number of para-hydroxylation sites is 4. The highest BCUT2D eigenvalue weighted by atomic mass is 32.1. The van der Waals surface area contributed by atoms with Crippen LogP contribution in [0.5, 0.6) is 0 Å². The van der Waals surface area contributed by atoms with Gasteiger partial charge in [0.25, 0.3) is 0 Å². The van der Waals surface area contributed by atoms with Crippen LogP contribution in [0, 0.1) is 0 Å². The third kappa shape index (κ3) is 1.99. The summed E-state index contributed by atoms with van der Waals surface area (Å²) in [6.45, 7) is 0. The van der Waals surface area contributed by atoms with E-state index in [1.165, 1.54) is 43.2 Å². The molecule has 0 N–H and O–H groups in total. The van der Waals surface area contributed by atoms with E-state index < -0.39 is 0 Å². The van der Waals surface area contributed by atoms with Crippen LogP contribution in [-0.4, -0.2) is 14.0 Å². The molecule has 4 aromatic carbocycles. The van der Waals surface area contributed by atoms with Gasteiger partial charge in [-0.3, -0.25) is 4.40 Å². The molecule has 0 saturated heterocycles. The van der Waals surface area contributed by atoms with Crippen molar-refractivity contribution in [3.05, 3.63) is 91.0 Å². The van der Waals surface area contributed by atoms with Gasteiger partial charge in [0.2, 0.25) is 0 Å². The van der Waals surface area contributed by atoms with Crippen LogP contribution in [0.1, 0.15) is 0 Å². The van der Waals surface area contributed by atoms with E-state index in [4.69, 9.17) is 4.98 Å². The normalized spacial score (nSPS) is 12.1. The van der Waals surface area contributed by atoms with Gasteiger partial charge in [0.15, 0.2) is 4.96 Å². The first-order chi connectivity index (χ1) is 14.4. The van der Waals surface area contributed by atoms with Crippen molar-refractivity contribution >= 4 is 59.4 Å². The van der Waals surface area contributed by atoms with Gasteiger partial charge < -0.3 is 4.57 Å². The highest BCUT2D eigenvalue weighted by Gasteiger charge is 2.14. The molecule has 0 radical (unpaired) electrons. The molecule has 4 heteroatoms. The number of imidazole rings is 1. The second kappa shape index (κ2) is 5.46. The fourth-order valence-electron chi connectivity index (χ4n) is 4.51. The molecular formula is C25H15N3S. The van der Waals surface area contributed by atoms with Crippen LogP contribution < -0.4 is 0 Å². The van der Waals surface area contributed by atoms with Crippen LogP contribution in [0.3, 0.4) is 0 Å². The Morgan fingerprint density at radius 2 is 1.28 bits per heavy atom. The zero-order valence-electron chi connectivity index (χ0n) is 15.4. The Bertz CT molecular complexity index is 1660. The average Bonchev–Trinajstić information content (AvgIpc) is 3.40. The molecule has 29 heavy (non-hydrogen) atoms. The maximum Gasteiger partial charge on any atom is 0.195 e. The fraction of sp³-hybridized carbons (Fsp3) is 0. The lowest BCUT2D eigenvalue weighted by molar-refractivity contribution is 1.18. The SMILES string of the molecule is c1ccc2c(c1)nc1sc3cc(-n4c5ccccc5c5ccccc54)ccc3n12. The number of rotatable bonds is 1. The number of thiazole rings is 1. The molecule has 0 atom stereocenters. The molecule has 3 nitrogen and oxygen atoms in total. The minimum atomic E-state index is 1.04. The maximum absolute atomic E-state index is 4.82. The summed E-state index contributed by atoms with van der Waals surface area (Å²) in [6, 6.07) is 32.4. The molecule has 0 unspecified atom stereocenters. The van der Waals surface area contributed by atoms with Crippen molar-refractivity contribution in [2.45, 2.75) is 0 Å². The molecule has 0 bridgehead atoms. The van der Waals surface area contributed by atoms with Crippen LogP contribution in [0.15, 0.2) is 91.0 Å². The van der Waals surface area contributed by atoms with Gasteiger partial charge in [0.05, 0.1) is 32.3 Å². The summed E-state index contributed by atoms with van der Waals surface area (Å²) in [5.74, 6) is 0. The molecule has 0 saturated carbocycles. The van der Waals surface area contributed by atoms with E-state index in [1.54, 1.807) is 11.3 Å². The Hall–Kier alpha value is -3.63. The average molecular weight is 389 g/mol. The van der Waals surface area contributed by atoms with Crippen molar-refractivity contribution in [1.82, 2.24) is 14.0 Å². The summed E-state index contributed by atoms with van der Waals surface area (Å²) in [6.07, 6.45) is 0. The first-order valence-electron chi connectivity index (χ1n) is 9.67. The van der Waals surface area contributed by atoms with E-state index >= 15 is 0 Å². The summed E-state index contributed by atoms with van der Waals surface area (Å²) in [5.41, 5.74) is 7.08. The first kappa shape index (κ1) is 15.3. The van der Waals surface area contributed by atoms with E-state index in [1.807, 2.05) is 6.07 Å². The Morgan fingerprint density at radius 3 is 2.03 bits per heavy atom. The lowest BCUT2D eigenvalue weighted by atomic mass is 10.2. The molecule has 0 fully saturated rings. The minimum Gasteiger partial charge on any atom is -0.309 e. The topological polar surface area (TPSA) is 22.2 Å². The van der Waals surface area contributed by atoms with Crippen LogP contribution in [0.25, 0.3) is 53.7 Å². The van der Waals surface area contributed by atoms with Crippen molar-refractivity contribution in [3.8, 4) is 5.69 Å². The highest BCUT2D eigenvalue weighted by molar-refractivity contribution is 7.23. The van der Waals surface area contributed by atoms with Crippen LogP contribution in [-0.2, 0) is 0 Å². The summed E-state index contributed by atoms with van der Waals surface area (Å²) >= 11 is 1.75. The van der Waals surface area contributed by atoms with Crippen molar-refractivity contribution in [2.75, 3.05) is 0 Å². The molecule has 7 rings (SSSR count). The minimum absolute atomic E-state index is 1.04. The molecule has 3 aromatic heterocycles. The molecule has 0 amide bonds.